The summed E-state index contributed by atoms with van der Waals surface area (Å²) in [5.74, 6) is -0.241. The van der Waals surface area contributed by atoms with Crippen molar-refractivity contribution in [2.24, 2.45) is 0 Å². The van der Waals surface area contributed by atoms with Gasteiger partial charge in [-0.05, 0) is 18.9 Å². The van der Waals surface area contributed by atoms with Crippen LogP contribution in [0.15, 0.2) is 12.1 Å². The third-order valence-electron chi connectivity index (χ3n) is 3.18. The van der Waals surface area contributed by atoms with Gasteiger partial charge in [-0.3, -0.25) is 14.9 Å². The lowest BCUT2D eigenvalue weighted by Crippen LogP contribution is -2.28. The maximum Gasteiger partial charge on any atom is 0.294 e. The van der Waals surface area contributed by atoms with Crippen molar-refractivity contribution in [3.8, 4) is 0 Å². The first-order valence-corrected chi connectivity index (χ1v) is 6.26. The Kier molecular flexibility index (Phi) is 3.61. The zero-order chi connectivity index (χ0) is 14.2. The first-order chi connectivity index (χ1) is 8.95. The summed E-state index contributed by atoms with van der Waals surface area (Å²) in [6.07, 6.45) is 1.96. The summed E-state index contributed by atoms with van der Waals surface area (Å²) in [7, 11) is 3.25. The normalized spacial score (nSPS) is 14.1. The Labute approximate surface area is 115 Å². The predicted octanol–water partition coefficient (Wildman–Crippen LogP) is 2.52. The molecule has 1 saturated carbocycles. The fourth-order valence-corrected chi connectivity index (χ4v) is 2.25. The number of hydrogen-bond donors (Lipinski definition) is 1. The summed E-state index contributed by atoms with van der Waals surface area (Å²) >= 11 is 5.99. The summed E-state index contributed by atoms with van der Waals surface area (Å²) in [5, 5.41) is 13.9. The summed E-state index contributed by atoms with van der Waals surface area (Å²) in [4.78, 5) is 24.2. The fraction of sp³-hybridized carbons (Fsp3) is 0.417. The maximum absolute atomic E-state index is 12.2. The lowest BCUT2D eigenvalue weighted by atomic mass is 10.1. The fourth-order valence-electron chi connectivity index (χ4n) is 1.94. The van der Waals surface area contributed by atoms with Gasteiger partial charge in [-0.1, -0.05) is 11.6 Å². The van der Waals surface area contributed by atoms with E-state index < -0.39 is 4.92 Å². The van der Waals surface area contributed by atoms with Crippen molar-refractivity contribution in [1.29, 1.82) is 0 Å². The number of anilines is 1. The van der Waals surface area contributed by atoms with E-state index in [-0.39, 0.29) is 33.9 Å². The highest BCUT2D eigenvalue weighted by Gasteiger charge is 2.31. The number of carbonyl (C=O) groups is 1. The van der Waals surface area contributed by atoms with E-state index in [0.717, 1.165) is 12.8 Å². The van der Waals surface area contributed by atoms with E-state index in [1.165, 1.54) is 12.1 Å². The molecule has 0 spiro atoms. The van der Waals surface area contributed by atoms with E-state index in [2.05, 4.69) is 5.32 Å². The summed E-state index contributed by atoms with van der Waals surface area (Å²) in [5.41, 5.74) is 0.268. The van der Waals surface area contributed by atoms with Crippen LogP contribution in [0.25, 0.3) is 0 Å². The van der Waals surface area contributed by atoms with Crippen LogP contribution >= 0.6 is 11.6 Å². The Morgan fingerprint density at radius 1 is 1.53 bits per heavy atom. The van der Waals surface area contributed by atoms with Crippen molar-refractivity contribution < 1.29 is 9.72 Å². The summed E-state index contributed by atoms with van der Waals surface area (Å²) in [6.45, 7) is 0. The van der Waals surface area contributed by atoms with Gasteiger partial charge in [0.1, 0.15) is 5.69 Å². The van der Waals surface area contributed by atoms with Gasteiger partial charge in [0.05, 0.1) is 9.95 Å². The number of nitro groups is 1. The van der Waals surface area contributed by atoms with Gasteiger partial charge in [0.25, 0.3) is 11.6 Å². The van der Waals surface area contributed by atoms with E-state index >= 15 is 0 Å². The van der Waals surface area contributed by atoms with Crippen molar-refractivity contribution in [2.45, 2.75) is 18.9 Å². The van der Waals surface area contributed by atoms with E-state index in [0.29, 0.717) is 0 Å². The average molecular weight is 284 g/mol. The molecule has 1 aliphatic carbocycles. The van der Waals surface area contributed by atoms with Crippen molar-refractivity contribution in [3.63, 3.8) is 0 Å². The molecule has 0 atom stereocenters. The molecule has 0 saturated heterocycles. The Hall–Kier alpha value is -1.82. The second-order valence-corrected chi connectivity index (χ2v) is 4.91. The largest absolute Gasteiger partial charge is 0.381 e. The van der Waals surface area contributed by atoms with Crippen LogP contribution in [0.2, 0.25) is 5.02 Å². The van der Waals surface area contributed by atoms with Gasteiger partial charge in [0, 0.05) is 31.8 Å². The molecule has 1 aliphatic rings. The highest BCUT2D eigenvalue weighted by Crippen LogP contribution is 2.34. The molecule has 1 aromatic carbocycles. The molecule has 1 amide bonds. The molecular weight excluding hydrogens is 270 g/mol. The molecule has 2 rings (SSSR count). The molecule has 0 unspecified atom stereocenters. The Balaban J connectivity index is 2.41. The quantitative estimate of drug-likeness (QED) is 0.680. The van der Waals surface area contributed by atoms with Crippen molar-refractivity contribution in [2.75, 3.05) is 19.4 Å². The predicted molar refractivity (Wildman–Crippen MR) is 72.8 cm³/mol. The van der Waals surface area contributed by atoms with Gasteiger partial charge in [-0.15, -0.1) is 0 Å². The molecule has 0 heterocycles. The molecule has 1 N–H and O–H groups in total. The molecule has 0 radical (unpaired) electrons. The molecule has 19 heavy (non-hydrogen) atoms. The minimum Gasteiger partial charge on any atom is -0.381 e. The van der Waals surface area contributed by atoms with Crippen LogP contribution < -0.4 is 5.32 Å². The van der Waals surface area contributed by atoms with Crippen molar-refractivity contribution >= 4 is 28.9 Å². The van der Waals surface area contributed by atoms with E-state index in [1.54, 1.807) is 19.0 Å². The van der Waals surface area contributed by atoms with Crippen LogP contribution in [0.1, 0.15) is 23.2 Å². The zero-order valence-electron chi connectivity index (χ0n) is 10.6. The van der Waals surface area contributed by atoms with Gasteiger partial charge in [0.2, 0.25) is 0 Å². The molecular formula is C12H14ClN3O3. The number of hydrogen-bond acceptors (Lipinski definition) is 4. The van der Waals surface area contributed by atoms with Crippen LogP contribution in [-0.4, -0.2) is 35.9 Å². The summed E-state index contributed by atoms with van der Waals surface area (Å²) in [6, 6.07) is 2.97. The van der Waals surface area contributed by atoms with Crippen LogP contribution in [-0.2, 0) is 0 Å². The Bertz CT molecular complexity index is 543. The molecule has 1 fully saturated rings. The average Bonchev–Trinajstić information content (AvgIpc) is 3.20. The van der Waals surface area contributed by atoms with Gasteiger partial charge < -0.3 is 10.2 Å². The van der Waals surface area contributed by atoms with Gasteiger partial charge in [-0.2, -0.15) is 0 Å². The minimum atomic E-state index is -0.550. The van der Waals surface area contributed by atoms with Crippen LogP contribution in [0, 0.1) is 10.1 Å². The number of benzene rings is 1. The second-order valence-electron chi connectivity index (χ2n) is 4.51. The van der Waals surface area contributed by atoms with Gasteiger partial charge in [0.15, 0.2) is 0 Å². The van der Waals surface area contributed by atoms with E-state index in [1.807, 2.05) is 0 Å². The lowest BCUT2D eigenvalue weighted by Gasteiger charge is -2.17. The molecule has 102 valence electrons. The molecule has 0 bridgehead atoms. The molecule has 0 aliphatic heterocycles. The zero-order valence-corrected chi connectivity index (χ0v) is 11.4. The Morgan fingerprint density at radius 2 is 2.16 bits per heavy atom. The molecule has 7 heteroatoms. The minimum absolute atomic E-state index is 0.171. The Morgan fingerprint density at radius 3 is 2.63 bits per heavy atom. The number of halogens is 1. The van der Waals surface area contributed by atoms with Gasteiger partial charge >= 0.3 is 0 Å². The topological polar surface area (TPSA) is 75.5 Å². The number of nitrogens with zero attached hydrogens (tertiary/aromatic N) is 2. The summed E-state index contributed by atoms with van der Waals surface area (Å²) < 4.78 is 0. The SMILES string of the molecule is CNc1c(Cl)cc(C(=O)N(C)C2CC2)cc1[N+](=O)[O-]. The first kappa shape index (κ1) is 13.6. The highest BCUT2D eigenvalue weighted by atomic mass is 35.5. The van der Waals surface area contributed by atoms with Crippen molar-refractivity contribution in [3.05, 3.63) is 32.8 Å². The van der Waals surface area contributed by atoms with Crippen LogP contribution in [0.3, 0.4) is 0 Å². The van der Waals surface area contributed by atoms with Crippen LogP contribution in [0.5, 0.6) is 0 Å². The lowest BCUT2D eigenvalue weighted by molar-refractivity contribution is -0.384. The van der Waals surface area contributed by atoms with Crippen molar-refractivity contribution in [1.82, 2.24) is 4.90 Å². The number of nitro benzene ring substituents is 1. The highest BCUT2D eigenvalue weighted by molar-refractivity contribution is 6.34. The van der Waals surface area contributed by atoms with E-state index in [4.69, 9.17) is 11.6 Å². The number of amides is 1. The second kappa shape index (κ2) is 5.05. The molecule has 1 aromatic rings. The number of rotatable bonds is 4. The smallest absolute Gasteiger partial charge is 0.294 e. The molecule has 0 aromatic heterocycles. The standard InChI is InChI=1S/C12H14ClN3O3/c1-14-11-9(13)5-7(6-10(11)16(18)19)12(17)15(2)8-3-4-8/h5-6,8,14H,3-4H2,1-2H3. The number of carbonyl (C=O) groups excluding carboxylic acids is 1. The third kappa shape index (κ3) is 2.63. The maximum atomic E-state index is 12.2. The van der Waals surface area contributed by atoms with Gasteiger partial charge in [-0.25, -0.2) is 0 Å². The molecule has 6 nitrogen and oxygen atoms in total. The number of nitrogens with one attached hydrogen (secondary N) is 1. The van der Waals surface area contributed by atoms with E-state index in [9.17, 15) is 14.9 Å². The first-order valence-electron chi connectivity index (χ1n) is 5.88. The monoisotopic (exact) mass is 283 g/mol. The third-order valence-corrected chi connectivity index (χ3v) is 3.48. The van der Waals surface area contributed by atoms with Crippen LogP contribution in [0.4, 0.5) is 11.4 Å².